The summed E-state index contributed by atoms with van der Waals surface area (Å²) in [7, 11) is 0. The molecule has 2 atom stereocenters. The minimum atomic E-state index is -0.166. The molecule has 0 aromatic rings. The highest BCUT2D eigenvalue weighted by atomic mass is 16.6. The van der Waals surface area contributed by atoms with Gasteiger partial charge in [-0.25, -0.2) is 4.79 Å². The molecular formula is C14H27N3O2. The van der Waals surface area contributed by atoms with Gasteiger partial charge in [0.15, 0.2) is 0 Å². The fourth-order valence-electron chi connectivity index (χ4n) is 3.16. The molecule has 0 spiro atoms. The van der Waals surface area contributed by atoms with Crippen molar-refractivity contribution in [3.63, 3.8) is 0 Å². The molecule has 1 saturated heterocycles. The molecule has 19 heavy (non-hydrogen) atoms. The number of ether oxygens (including phenoxy) is 1. The van der Waals surface area contributed by atoms with Crippen LogP contribution in [0.4, 0.5) is 4.79 Å². The van der Waals surface area contributed by atoms with Gasteiger partial charge in [0.2, 0.25) is 0 Å². The third kappa shape index (κ3) is 4.35. The summed E-state index contributed by atoms with van der Waals surface area (Å²) in [6, 6.07) is 1.47. The summed E-state index contributed by atoms with van der Waals surface area (Å²) in [5, 5.41) is 3.72. The van der Waals surface area contributed by atoms with Crippen LogP contribution in [0.5, 0.6) is 0 Å². The van der Waals surface area contributed by atoms with Crippen LogP contribution in [-0.2, 0) is 4.74 Å². The highest BCUT2D eigenvalue weighted by Crippen LogP contribution is 2.20. The Balaban J connectivity index is 1.69. The van der Waals surface area contributed by atoms with Crippen LogP contribution in [-0.4, -0.2) is 48.8 Å². The van der Waals surface area contributed by atoms with E-state index in [-0.39, 0.29) is 6.09 Å². The number of hydrogen-bond acceptors (Lipinski definition) is 4. The van der Waals surface area contributed by atoms with Gasteiger partial charge in [-0.2, -0.15) is 0 Å². The van der Waals surface area contributed by atoms with Gasteiger partial charge in [-0.15, -0.1) is 0 Å². The normalized spacial score (nSPS) is 29.3. The van der Waals surface area contributed by atoms with Gasteiger partial charge in [0, 0.05) is 31.2 Å². The van der Waals surface area contributed by atoms with E-state index in [1.807, 2.05) is 11.8 Å². The summed E-state index contributed by atoms with van der Waals surface area (Å²) in [5.41, 5.74) is 6.02. The van der Waals surface area contributed by atoms with Gasteiger partial charge in [-0.3, -0.25) is 0 Å². The largest absolute Gasteiger partial charge is 0.450 e. The van der Waals surface area contributed by atoms with Crippen molar-refractivity contribution >= 4 is 6.09 Å². The Morgan fingerprint density at radius 1 is 1.26 bits per heavy atom. The molecule has 1 heterocycles. The molecule has 5 heteroatoms. The zero-order chi connectivity index (χ0) is 13.7. The van der Waals surface area contributed by atoms with E-state index in [1.165, 1.54) is 19.3 Å². The Morgan fingerprint density at radius 2 is 2.00 bits per heavy atom. The van der Waals surface area contributed by atoms with Crippen LogP contribution in [0, 0.1) is 0 Å². The Hall–Kier alpha value is -0.810. The lowest BCUT2D eigenvalue weighted by Gasteiger charge is -2.36. The SMILES string of the molecule is CCOC(=O)N1CCC(NC2CCCC(N)C2)CC1. The minimum absolute atomic E-state index is 0.166. The average molecular weight is 269 g/mol. The average Bonchev–Trinajstić information content (AvgIpc) is 2.40. The maximum Gasteiger partial charge on any atom is 0.409 e. The molecule has 0 aromatic carbocycles. The molecule has 1 saturated carbocycles. The van der Waals surface area contributed by atoms with Crippen LogP contribution in [0.3, 0.4) is 0 Å². The third-order valence-corrected chi connectivity index (χ3v) is 4.21. The van der Waals surface area contributed by atoms with Crippen LogP contribution < -0.4 is 11.1 Å². The van der Waals surface area contributed by atoms with Crippen LogP contribution >= 0.6 is 0 Å². The first-order valence-electron chi connectivity index (χ1n) is 7.62. The van der Waals surface area contributed by atoms with Gasteiger partial charge >= 0.3 is 6.09 Å². The second-order valence-electron chi connectivity index (χ2n) is 5.75. The molecule has 2 unspecified atom stereocenters. The highest BCUT2D eigenvalue weighted by Gasteiger charge is 2.26. The molecule has 0 bridgehead atoms. The monoisotopic (exact) mass is 269 g/mol. The number of amides is 1. The Morgan fingerprint density at radius 3 is 2.63 bits per heavy atom. The number of likely N-dealkylation sites (tertiary alicyclic amines) is 1. The van der Waals surface area contributed by atoms with Gasteiger partial charge in [0.25, 0.3) is 0 Å². The topological polar surface area (TPSA) is 67.6 Å². The number of carbonyl (C=O) groups is 1. The molecule has 1 aliphatic heterocycles. The van der Waals surface area contributed by atoms with Gasteiger partial charge < -0.3 is 20.7 Å². The quantitative estimate of drug-likeness (QED) is 0.814. The summed E-state index contributed by atoms with van der Waals surface area (Å²) in [6.45, 7) is 3.90. The van der Waals surface area contributed by atoms with Crippen molar-refractivity contribution in [2.45, 2.75) is 63.6 Å². The Labute approximate surface area is 115 Å². The standard InChI is InChI=1S/C14H27N3O2/c1-2-19-14(18)17-8-6-12(7-9-17)16-13-5-3-4-11(15)10-13/h11-13,16H,2-10,15H2,1H3. The maximum absolute atomic E-state index is 11.6. The van der Waals surface area contributed by atoms with Gasteiger partial charge in [-0.1, -0.05) is 6.42 Å². The van der Waals surface area contributed by atoms with E-state index in [2.05, 4.69) is 5.32 Å². The number of piperidine rings is 1. The van der Waals surface area contributed by atoms with Crippen molar-refractivity contribution in [3.05, 3.63) is 0 Å². The predicted octanol–water partition coefficient (Wildman–Crippen LogP) is 1.47. The number of nitrogens with two attached hydrogens (primary N) is 1. The molecule has 1 amide bonds. The molecule has 2 aliphatic rings. The van der Waals surface area contributed by atoms with E-state index < -0.39 is 0 Å². The summed E-state index contributed by atoms with van der Waals surface area (Å²) in [6.07, 6.45) is 6.61. The van der Waals surface area contributed by atoms with E-state index in [9.17, 15) is 4.79 Å². The highest BCUT2D eigenvalue weighted by molar-refractivity contribution is 5.67. The lowest BCUT2D eigenvalue weighted by Crippen LogP contribution is -2.49. The van der Waals surface area contributed by atoms with Gasteiger partial charge in [-0.05, 0) is 39.0 Å². The van der Waals surface area contributed by atoms with E-state index in [0.717, 1.165) is 32.4 Å². The lowest BCUT2D eigenvalue weighted by molar-refractivity contribution is 0.0935. The molecule has 0 radical (unpaired) electrons. The van der Waals surface area contributed by atoms with Crippen LogP contribution in [0.1, 0.15) is 45.4 Å². The van der Waals surface area contributed by atoms with Crippen molar-refractivity contribution in [1.29, 1.82) is 0 Å². The Kier molecular flexibility index (Phi) is 5.45. The first kappa shape index (κ1) is 14.6. The summed E-state index contributed by atoms with van der Waals surface area (Å²) >= 11 is 0. The van der Waals surface area contributed by atoms with Crippen molar-refractivity contribution < 1.29 is 9.53 Å². The maximum atomic E-state index is 11.6. The zero-order valence-corrected chi connectivity index (χ0v) is 11.9. The summed E-state index contributed by atoms with van der Waals surface area (Å²) in [5.74, 6) is 0. The number of carbonyl (C=O) groups excluding carboxylic acids is 1. The van der Waals surface area contributed by atoms with Gasteiger partial charge in [0.1, 0.15) is 0 Å². The van der Waals surface area contributed by atoms with E-state index in [4.69, 9.17) is 10.5 Å². The first-order valence-corrected chi connectivity index (χ1v) is 7.62. The molecular weight excluding hydrogens is 242 g/mol. The fourth-order valence-corrected chi connectivity index (χ4v) is 3.16. The van der Waals surface area contributed by atoms with E-state index in [0.29, 0.717) is 24.7 Å². The van der Waals surface area contributed by atoms with Crippen molar-refractivity contribution in [2.75, 3.05) is 19.7 Å². The molecule has 0 aromatic heterocycles. The zero-order valence-electron chi connectivity index (χ0n) is 11.9. The van der Waals surface area contributed by atoms with Crippen molar-refractivity contribution in [1.82, 2.24) is 10.2 Å². The van der Waals surface area contributed by atoms with E-state index >= 15 is 0 Å². The van der Waals surface area contributed by atoms with Crippen LogP contribution in [0.15, 0.2) is 0 Å². The minimum Gasteiger partial charge on any atom is -0.450 e. The number of hydrogen-bond donors (Lipinski definition) is 2. The van der Waals surface area contributed by atoms with Crippen molar-refractivity contribution in [2.24, 2.45) is 5.73 Å². The van der Waals surface area contributed by atoms with E-state index in [1.54, 1.807) is 0 Å². The van der Waals surface area contributed by atoms with Gasteiger partial charge in [0.05, 0.1) is 6.61 Å². The van der Waals surface area contributed by atoms with Crippen molar-refractivity contribution in [3.8, 4) is 0 Å². The number of rotatable bonds is 3. The number of nitrogens with zero attached hydrogens (tertiary/aromatic N) is 1. The summed E-state index contributed by atoms with van der Waals surface area (Å²) < 4.78 is 5.03. The third-order valence-electron chi connectivity index (χ3n) is 4.21. The molecule has 3 N–H and O–H groups in total. The first-order chi connectivity index (χ1) is 9.19. The molecule has 5 nitrogen and oxygen atoms in total. The lowest BCUT2D eigenvalue weighted by atomic mass is 9.90. The molecule has 2 rings (SSSR count). The fraction of sp³-hybridized carbons (Fsp3) is 0.929. The predicted molar refractivity (Wildman–Crippen MR) is 75.0 cm³/mol. The van der Waals surface area contributed by atoms with Crippen LogP contribution in [0.2, 0.25) is 0 Å². The molecule has 2 fully saturated rings. The molecule has 1 aliphatic carbocycles. The second kappa shape index (κ2) is 7.10. The molecule has 110 valence electrons. The smallest absolute Gasteiger partial charge is 0.409 e. The Bertz CT molecular complexity index is 290. The second-order valence-corrected chi connectivity index (χ2v) is 5.75. The number of nitrogens with one attached hydrogen (secondary N) is 1. The van der Waals surface area contributed by atoms with Crippen LogP contribution in [0.25, 0.3) is 0 Å². The summed E-state index contributed by atoms with van der Waals surface area (Å²) in [4.78, 5) is 13.4.